The van der Waals surface area contributed by atoms with Crippen LogP contribution in [0.4, 0.5) is 8.78 Å². The molecule has 0 spiro atoms. The van der Waals surface area contributed by atoms with Crippen molar-refractivity contribution in [3.8, 4) is 11.5 Å². The number of benzene rings is 4. The van der Waals surface area contributed by atoms with Crippen LogP contribution in [0.3, 0.4) is 0 Å². The minimum absolute atomic E-state index is 0.0561. The lowest BCUT2D eigenvalue weighted by Gasteiger charge is -2.23. The van der Waals surface area contributed by atoms with E-state index in [0.29, 0.717) is 16.3 Å². The molecule has 0 aliphatic rings. The quantitative estimate of drug-likeness (QED) is 0.224. The van der Waals surface area contributed by atoms with Gasteiger partial charge in [-0.2, -0.15) is 8.42 Å². The lowest BCUT2D eigenvalue weighted by atomic mass is 10.1. The van der Waals surface area contributed by atoms with Crippen molar-refractivity contribution in [1.29, 1.82) is 0 Å². The summed E-state index contributed by atoms with van der Waals surface area (Å²) in [6.07, 6.45) is 0. The van der Waals surface area contributed by atoms with E-state index in [0.717, 1.165) is 29.8 Å². The van der Waals surface area contributed by atoms with Gasteiger partial charge in [-0.3, -0.25) is 4.79 Å². The molecule has 0 saturated carbocycles. The van der Waals surface area contributed by atoms with Crippen LogP contribution in [-0.4, -0.2) is 25.8 Å². The Morgan fingerprint density at radius 1 is 0.711 bits per heavy atom. The second-order valence-corrected chi connectivity index (χ2v) is 10.2. The molecule has 0 bridgehead atoms. The maximum atomic E-state index is 13.4. The third kappa shape index (κ3) is 7.53. The summed E-state index contributed by atoms with van der Waals surface area (Å²) in [5.74, 6) is -0.729. The Labute approximate surface area is 224 Å². The van der Waals surface area contributed by atoms with E-state index < -0.39 is 15.9 Å². The summed E-state index contributed by atoms with van der Waals surface area (Å²) < 4.78 is 62.1. The van der Waals surface area contributed by atoms with Gasteiger partial charge in [-0.1, -0.05) is 35.9 Å². The van der Waals surface area contributed by atoms with Gasteiger partial charge in [0.05, 0.1) is 0 Å². The van der Waals surface area contributed by atoms with Crippen LogP contribution < -0.4 is 8.92 Å². The van der Waals surface area contributed by atoms with Crippen LogP contribution in [0.25, 0.3) is 0 Å². The predicted octanol–water partition coefficient (Wildman–Crippen LogP) is 5.99. The van der Waals surface area contributed by atoms with Gasteiger partial charge >= 0.3 is 10.1 Å². The fourth-order valence-corrected chi connectivity index (χ4v) is 4.51. The smallest absolute Gasteiger partial charge is 0.339 e. The van der Waals surface area contributed by atoms with Crippen LogP contribution in [0.1, 0.15) is 11.1 Å². The normalized spacial score (nSPS) is 11.1. The van der Waals surface area contributed by atoms with Crippen molar-refractivity contribution in [1.82, 2.24) is 4.90 Å². The van der Waals surface area contributed by atoms with Crippen molar-refractivity contribution in [2.45, 2.75) is 18.0 Å². The Bertz CT molecular complexity index is 1480. The first kappa shape index (κ1) is 27.1. The maximum absolute atomic E-state index is 13.4. The lowest BCUT2D eigenvalue weighted by molar-refractivity contribution is -0.134. The molecule has 6 nitrogen and oxygen atoms in total. The molecule has 0 heterocycles. The summed E-state index contributed by atoms with van der Waals surface area (Å²) in [5.41, 5.74) is 1.41. The molecule has 0 aromatic heterocycles. The standard InChI is InChI=1S/C28H22ClF2NO5S/c29-22-5-13-25(14-6-22)36-19-28(33)32(17-20-1-7-23(30)8-2-20)18-21-3-11-26(12-4-21)37-38(34,35)27-15-9-24(31)10-16-27/h1-16H,17-19H2. The number of carbonyl (C=O) groups is 1. The van der Waals surface area contributed by atoms with Crippen LogP contribution >= 0.6 is 11.6 Å². The van der Waals surface area contributed by atoms with Gasteiger partial charge in [-0.25, -0.2) is 8.78 Å². The second-order valence-electron chi connectivity index (χ2n) is 8.25. The zero-order chi connectivity index (χ0) is 27.1. The molecule has 38 heavy (non-hydrogen) atoms. The molecule has 0 atom stereocenters. The average Bonchev–Trinajstić information content (AvgIpc) is 2.90. The lowest BCUT2D eigenvalue weighted by Crippen LogP contribution is -2.34. The van der Waals surface area contributed by atoms with E-state index in [2.05, 4.69) is 0 Å². The number of nitrogens with zero attached hydrogens (tertiary/aromatic N) is 1. The first-order valence-electron chi connectivity index (χ1n) is 11.4. The molecule has 0 fully saturated rings. The van der Waals surface area contributed by atoms with E-state index in [1.807, 2.05) is 0 Å². The number of carbonyl (C=O) groups excluding carboxylic acids is 1. The van der Waals surface area contributed by atoms with Crippen LogP contribution in [-0.2, 0) is 28.0 Å². The highest BCUT2D eigenvalue weighted by Crippen LogP contribution is 2.21. The summed E-state index contributed by atoms with van der Waals surface area (Å²) in [4.78, 5) is 14.4. The summed E-state index contributed by atoms with van der Waals surface area (Å²) in [6.45, 7) is 0.130. The van der Waals surface area contributed by atoms with Gasteiger partial charge in [-0.15, -0.1) is 0 Å². The van der Waals surface area contributed by atoms with Gasteiger partial charge in [0.1, 0.15) is 28.0 Å². The molecule has 0 aliphatic carbocycles. The van der Waals surface area contributed by atoms with E-state index in [9.17, 15) is 22.0 Å². The van der Waals surface area contributed by atoms with Crippen LogP contribution in [0, 0.1) is 11.6 Å². The summed E-state index contributed by atoms with van der Waals surface area (Å²) in [6, 6.07) is 22.9. The van der Waals surface area contributed by atoms with Gasteiger partial charge in [0.25, 0.3) is 5.91 Å². The van der Waals surface area contributed by atoms with Crippen LogP contribution in [0.5, 0.6) is 11.5 Å². The Balaban J connectivity index is 1.46. The van der Waals surface area contributed by atoms with Gasteiger partial charge in [0.15, 0.2) is 6.61 Å². The highest BCUT2D eigenvalue weighted by atomic mass is 35.5. The Kier molecular flexibility index (Phi) is 8.60. The van der Waals surface area contributed by atoms with Crippen molar-refractivity contribution < 1.29 is 30.9 Å². The molecule has 4 rings (SSSR count). The molecular weight excluding hydrogens is 536 g/mol. The number of hydrogen-bond donors (Lipinski definition) is 0. The molecule has 4 aromatic rings. The van der Waals surface area contributed by atoms with E-state index in [1.165, 1.54) is 29.2 Å². The minimum Gasteiger partial charge on any atom is -0.484 e. The fraction of sp³-hybridized carbons (Fsp3) is 0.107. The van der Waals surface area contributed by atoms with Crippen molar-refractivity contribution in [2.75, 3.05) is 6.61 Å². The van der Waals surface area contributed by atoms with Crippen LogP contribution in [0.2, 0.25) is 5.02 Å². The SMILES string of the molecule is O=C(COc1ccc(Cl)cc1)N(Cc1ccc(F)cc1)Cc1ccc(OS(=O)(=O)c2ccc(F)cc2)cc1. The molecule has 4 aromatic carbocycles. The Morgan fingerprint density at radius 3 is 1.74 bits per heavy atom. The van der Waals surface area contributed by atoms with Gasteiger partial charge in [0, 0.05) is 18.1 Å². The molecular formula is C28H22ClF2NO5S. The Morgan fingerprint density at radius 2 is 1.18 bits per heavy atom. The monoisotopic (exact) mass is 557 g/mol. The van der Waals surface area contributed by atoms with Crippen molar-refractivity contribution in [3.05, 3.63) is 125 Å². The average molecular weight is 558 g/mol. The molecule has 0 saturated heterocycles. The van der Waals surface area contributed by atoms with E-state index >= 15 is 0 Å². The molecule has 10 heteroatoms. The van der Waals surface area contributed by atoms with E-state index in [4.69, 9.17) is 20.5 Å². The summed E-state index contributed by atoms with van der Waals surface area (Å²) in [7, 11) is -4.15. The highest BCUT2D eigenvalue weighted by Gasteiger charge is 2.18. The number of halogens is 3. The number of hydrogen-bond acceptors (Lipinski definition) is 5. The fourth-order valence-electron chi connectivity index (χ4n) is 3.46. The zero-order valence-corrected chi connectivity index (χ0v) is 21.5. The van der Waals surface area contributed by atoms with Crippen molar-refractivity contribution in [2.24, 2.45) is 0 Å². The first-order valence-corrected chi connectivity index (χ1v) is 13.2. The molecule has 0 N–H and O–H groups in total. The number of ether oxygens (including phenoxy) is 1. The third-order valence-corrected chi connectivity index (χ3v) is 6.93. The summed E-state index contributed by atoms with van der Waals surface area (Å²) in [5, 5.41) is 0.541. The third-order valence-electron chi connectivity index (χ3n) is 5.42. The molecule has 1 amide bonds. The van der Waals surface area contributed by atoms with Crippen LogP contribution in [0.15, 0.2) is 102 Å². The second kappa shape index (κ2) is 12.1. The Hall–Kier alpha value is -3.95. The van der Waals surface area contributed by atoms with Crippen molar-refractivity contribution in [3.63, 3.8) is 0 Å². The van der Waals surface area contributed by atoms with Gasteiger partial charge < -0.3 is 13.8 Å². The highest BCUT2D eigenvalue weighted by molar-refractivity contribution is 7.87. The molecule has 0 unspecified atom stereocenters. The summed E-state index contributed by atoms with van der Waals surface area (Å²) >= 11 is 5.89. The van der Waals surface area contributed by atoms with Gasteiger partial charge in [0.2, 0.25) is 0 Å². The number of amides is 1. The first-order chi connectivity index (χ1) is 18.2. The van der Waals surface area contributed by atoms with Gasteiger partial charge in [-0.05, 0) is 83.9 Å². The maximum Gasteiger partial charge on any atom is 0.339 e. The largest absolute Gasteiger partial charge is 0.484 e. The van der Waals surface area contributed by atoms with Crippen molar-refractivity contribution >= 4 is 27.6 Å². The predicted molar refractivity (Wildman–Crippen MR) is 138 cm³/mol. The topological polar surface area (TPSA) is 72.9 Å². The number of rotatable bonds is 10. The minimum atomic E-state index is -4.15. The van der Waals surface area contributed by atoms with E-state index in [-0.39, 0.29) is 42.1 Å². The van der Waals surface area contributed by atoms with E-state index in [1.54, 1.807) is 48.5 Å². The zero-order valence-electron chi connectivity index (χ0n) is 19.9. The molecule has 196 valence electrons. The molecule has 0 radical (unpaired) electrons. The molecule has 0 aliphatic heterocycles.